The van der Waals surface area contributed by atoms with Gasteiger partial charge in [0, 0.05) is 32.1 Å². The third-order valence-corrected chi connectivity index (χ3v) is 3.99. The van der Waals surface area contributed by atoms with Crippen LogP contribution in [0.2, 0.25) is 0 Å². The van der Waals surface area contributed by atoms with Gasteiger partial charge in [0.15, 0.2) is 0 Å². The zero-order valence-electron chi connectivity index (χ0n) is 14.2. The van der Waals surface area contributed by atoms with Crippen LogP contribution in [0.3, 0.4) is 0 Å². The van der Waals surface area contributed by atoms with Crippen molar-refractivity contribution in [2.24, 2.45) is 0 Å². The van der Waals surface area contributed by atoms with Gasteiger partial charge in [0.2, 0.25) is 5.91 Å². The molecule has 0 aromatic rings. The molecule has 0 radical (unpaired) electrons. The van der Waals surface area contributed by atoms with Gasteiger partial charge >= 0.3 is 12.0 Å². The minimum atomic E-state index is -0.878. The average Bonchev–Trinajstić information content (AvgIpc) is 2.77. The second-order valence-corrected chi connectivity index (χ2v) is 6.25. The van der Waals surface area contributed by atoms with Crippen molar-refractivity contribution in [1.29, 1.82) is 0 Å². The predicted molar refractivity (Wildman–Crippen MR) is 87.2 cm³/mol. The van der Waals surface area contributed by atoms with Gasteiger partial charge in [-0.25, -0.2) is 4.79 Å². The smallest absolute Gasteiger partial charge is 0.318 e. The summed E-state index contributed by atoms with van der Waals surface area (Å²) in [5.74, 6) is -0.891. The van der Waals surface area contributed by atoms with Crippen LogP contribution in [-0.2, 0) is 9.59 Å². The Labute approximate surface area is 138 Å². The maximum Gasteiger partial charge on any atom is 0.318 e. The van der Waals surface area contributed by atoms with E-state index < -0.39 is 5.97 Å². The number of carboxylic acids is 1. The van der Waals surface area contributed by atoms with Crippen molar-refractivity contribution in [3.8, 4) is 0 Å². The van der Waals surface area contributed by atoms with E-state index in [1.165, 1.54) is 4.90 Å². The van der Waals surface area contributed by atoms with Crippen molar-refractivity contribution in [2.45, 2.75) is 58.4 Å². The summed E-state index contributed by atoms with van der Waals surface area (Å²) in [6.07, 6.45) is 4.76. The van der Waals surface area contributed by atoms with E-state index in [9.17, 15) is 14.4 Å². The first-order chi connectivity index (χ1) is 10.9. The maximum atomic E-state index is 12.4. The molecular weight excluding hydrogens is 298 g/mol. The molecule has 0 bridgehead atoms. The number of carboxylic acid groups (broad SMARTS) is 1. The molecule has 1 aliphatic heterocycles. The zero-order valence-corrected chi connectivity index (χ0v) is 14.2. The van der Waals surface area contributed by atoms with E-state index in [1.807, 2.05) is 18.7 Å². The minimum Gasteiger partial charge on any atom is -0.481 e. The third kappa shape index (κ3) is 7.34. The Morgan fingerprint density at radius 2 is 1.74 bits per heavy atom. The minimum absolute atomic E-state index is 0.0127. The fraction of sp³-hybridized carbons (Fsp3) is 0.812. The van der Waals surface area contributed by atoms with E-state index in [0.717, 1.165) is 38.8 Å². The Balaban J connectivity index is 2.47. The van der Waals surface area contributed by atoms with Gasteiger partial charge in [-0.15, -0.1) is 0 Å². The second-order valence-electron chi connectivity index (χ2n) is 6.25. The molecule has 1 fully saturated rings. The molecule has 0 aliphatic carbocycles. The van der Waals surface area contributed by atoms with E-state index in [-0.39, 0.29) is 30.9 Å². The molecule has 3 amide bonds. The van der Waals surface area contributed by atoms with Crippen LogP contribution in [0.5, 0.6) is 0 Å². The summed E-state index contributed by atoms with van der Waals surface area (Å²) in [6, 6.07) is -0.404. The molecule has 0 aromatic carbocycles. The van der Waals surface area contributed by atoms with Crippen molar-refractivity contribution in [1.82, 2.24) is 15.1 Å². The van der Waals surface area contributed by atoms with Crippen LogP contribution in [0.25, 0.3) is 0 Å². The van der Waals surface area contributed by atoms with Gasteiger partial charge in [-0.05, 0) is 33.1 Å². The fourth-order valence-electron chi connectivity index (χ4n) is 2.59. The highest BCUT2D eigenvalue weighted by Gasteiger charge is 2.23. The van der Waals surface area contributed by atoms with Crippen LogP contribution in [0, 0.1) is 0 Å². The van der Waals surface area contributed by atoms with E-state index in [1.54, 1.807) is 0 Å². The maximum absolute atomic E-state index is 12.4. The van der Waals surface area contributed by atoms with Crippen molar-refractivity contribution in [2.75, 3.05) is 26.2 Å². The zero-order chi connectivity index (χ0) is 17.2. The highest BCUT2D eigenvalue weighted by Crippen LogP contribution is 2.11. The highest BCUT2D eigenvalue weighted by atomic mass is 16.4. The Morgan fingerprint density at radius 1 is 1.13 bits per heavy atom. The number of rotatable bonds is 7. The summed E-state index contributed by atoms with van der Waals surface area (Å²) in [7, 11) is 0. The molecule has 1 rings (SSSR count). The Morgan fingerprint density at radius 3 is 2.26 bits per heavy atom. The SMILES string of the molecule is CC(C)N(CC(=O)N1CCCCCC1)C(=O)NCCCC(=O)O. The molecule has 2 N–H and O–H groups in total. The van der Waals surface area contributed by atoms with Crippen molar-refractivity contribution in [3.05, 3.63) is 0 Å². The first kappa shape index (κ1) is 19.3. The number of aliphatic carboxylic acids is 1. The lowest BCUT2D eigenvalue weighted by Gasteiger charge is -2.29. The molecule has 0 saturated carbocycles. The lowest BCUT2D eigenvalue weighted by atomic mass is 10.2. The number of amides is 3. The summed E-state index contributed by atoms with van der Waals surface area (Å²) >= 11 is 0. The number of carbonyl (C=O) groups is 3. The lowest BCUT2D eigenvalue weighted by Crippen LogP contribution is -2.50. The first-order valence-electron chi connectivity index (χ1n) is 8.46. The van der Waals surface area contributed by atoms with Crippen LogP contribution in [-0.4, -0.2) is 65.0 Å². The third-order valence-electron chi connectivity index (χ3n) is 3.99. The second kappa shape index (κ2) is 10.1. The number of hydrogen-bond acceptors (Lipinski definition) is 3. The number of nitrogens with one attached hydrogen (secondary N) is 1. The topological polar surface area (TPSA) is 90.0 Å². The van der Waals surface area contributed by atoms with Crippen LogP contribution in [0.4, 0.5) is 4.79 Å². The van der Waals surface area contributed by atoms with E-state index in [0.29, 0.717) is 13.0 Å². The molecule has 0 spiro atoms. The molecule has 0 aromatic heterocycles. The lowest BCUT2D eigenvalue weighted by molar-refractivity contribution is -0.137. The molecule has 1 aliphatic rings. The number of nitrogens with zero attached hydrogens (tertiary/aromatic N) is 2. The van der Waals surface area contributed by atoms with E-state index in [4.69, 9.17) is 5.11 Å². The molecule has 1 heterocycles. The first-order valence-corrected chi connectivity index (χ1v) is 8.46. The van der Waals surface area contributed by atoms with Gasteiger partial charge < -0.3 is 20.2 Å². The van der Waals surface area contributed by atoms with E-state index in [2.05, 4.69) is 5.32 Å². The van der Waals surface area contributed by atoms with Gasteiger partial charge in [-0.3, -0.25) is 9.59 Å². The Bertz CT molecular complexity index is 404. The molecule has 7 nitrogen and oxygen atoms in total. The van der Waals surface area contributed by atoms with Crippen molar-refractivity contribution >= 4 is 17.9 Å². The molecule has 7 heteroatoms. The fourth-order valence-corrected chi connectivity index (χ4v) is 2.59. The van der Waals surface area contributed by atoms with Crippen molar-refractivity contribution < 1.29 is 19.5 Å². The summed E-state index contributed by atoms with van der Waals surface area (Å²) in [6.45, 7) is 5.64. The Hall–Kier alpha value is -1.79. The standard InChI is InChI=1S/C16H29N3O4/c1-13(2)19(16(23)17-9-7-8-15(21)22)12-14(20)18-10-5-3-4-6-11-18/h13H,3-12H2,1-2H3,(H,17,23)(H,21,22). The molecular formula is C16H29N3O4. The summed E-state index contributed by atoms with van der Waals surface area (Å²) in [5, 5.41) is 11.3. The quantitative estimate of drug-likeness (QED) is 0.696. The normalized spacial score (nSPS) is 15.2. The number of likely N-dealkylation sites (tertiary alicyclic amines) is 1. The molecule has 0 unspecified atom stereocenters. The van der Waals surface area contributed by atoms with Crippen LogP contribution in [0.1, 0.15) is 52.4 Å². The van der Waals surface area contributed by atoms with Gasteiger partial charge in [0.1, 0.15) is 6.54 Å². The summed E-state index contributed by atoms with van der Waals surface area (Å²) in [5.41, 5.74) is 0. The van der Waals surface area contributed by atoms with Gasteiger partial charge in [-0.2, -0.15) is 0 Å². The monoisotopic (exact) mass is 327 g/mol. The molecule has 1 saturated heterocycles. The summed E-state index contributed by atoms with van der Waals surface area (Å²) in [4.78, 5) is 38.4. The number of carbonyl (C=O) groups excluding carboxylic acids is 2. The molecule has 0 atom stereocenters. The average molecular weight is 327 g/mol. The number of urea groups is 1. The largest absolute Gasteiger partial charge is 0.481 e. The van der Waals surface area contributed by atoms with Gasteiger partial charge in [0.05, 0.1) is 0 Å². The molecule has 132 valence electrons. The Kier molecular flexibility index (Phi) is 8.43. The predicted octanol–water partition coefficient (Wildman–Crippen LogP) is 1.67. The van der Waals surface area contributed by atoms with Crippen molar-refractivity contribution in [3.63, 3.8) is 0 Å². The van der Waals surface area contributed by atoms with Crippen LogP contribution < -0.4 is 5.32 Å². The van der Waals surface area contributed by atoms with Gasteiger partial charge in [0.25, 0.3) is 0 Å². The number of hydrogen-bond donors (Lipinski definition) is 2. The van der Waals surface area contributed by atoms with Gasteiger partial charge in [-0.1, -0.05) is 12.8 Å². The van der Waals surface area contributed by atoms with E-state index >= 15 is 0 Å². The highest BCUT2D eigenvalue weighted by molar-refractivity contribution is 5.84. The molecule has 23 heavy (non-hydrogen) atoms. The van der Waals surface area contributed by atoms with Crippen LogP contribution in [0.15, 0.2) is 0 Å². The van der Waals surface area contributed by atoms with Crippen LogP contribution >= 0.6 is 0 Å². The summed E-state index contributed by atoms with van der Waals surface area (Å²) < 4.78 is 0.